The maximum absolute atomic E-state index is 14.2. The fraction of sp³-hybridized carbons (Fsp3) is 0.375. The van der Waals surface area contributed by atoms with E-state index in [1.807, 2.05) is 19.9 Å². The van der Waals surface area contributed by atoms with E-state index < -0.39 is 28.5 Å². The smallest absolute Gasteiger partial charge is 0.264 e. The van der Waals surface area contributed by atoms with Crippen LogP contribution in [0.3, 0.4) is 0 Å². The molecule has 0 bridgehead atoms. The summed E-state index contributed by atoms with van der Waals surface area (Å²) in [6.07, 6.45) is 4.25. The molecule has 2 amide bonds. The number of hydrogen-bond donors (Lipinski definition) is 1. The second-order valence-corrected chi connectivity index (χ2v) is 12.8. The molecule has 1 N–H and O–H groups in total. The first kappa shape index (κ1) is 31.4. The number of benzene rings is 3. The lowest BCUT2D eigenvalue weighted by atomic mass is 10.1. The van der Waals surface area contributed by atoms with Gasteiger partial charge in [0.15, 0.2) is 0 Å². The molecule has 0 heterocycles. The van der Waals surface area contributed by atoms with E-state index in [9.17, 15) is 18.0 Å². The SMILES string of the molecule is CCC(C(=O)NC1CCCC1)N(Cc1ccccc1Cl)C(=O)CN(c1cccc(OC)c1)S(=O)(=O)c1ccc(C)cc1. The van der Waals surface area contributed by atoms with Gasteiger partial charge in [-0.25, -0.2) is 8.42 Å². The molecule has 4 rings (SSSR count). The summed E-state index contributed by atoms with van der Waals surface area (Å²) in [5.41, 5.74) is 1.83. The summed E-state index contributed by atoms with van der Waals surface area (Å²) in [5.74, 6) is -0.333. The number of methoxy groups -OCH3 is 1. The standard InChI is InChI=1S/C32H38ClN3O5S/c1-4-30(32(38)34-25-11-6-7-12-25)35(21-24-10-5-8-15-29(24)33)31(37)22-36(26-13-9-14-27(20-26)41-3)42(39,40)28-18-16-23(2)17-19-28/h5,8-10,13-20,25,30H,4,6-7,11-12,21-22H2,1-3H3,(H,34,38). The minimum absolute atomic E-state index is 0.0473. The first-order valence-corrected chi connectivity index (χ1v) is 16.0. The van der Waals surface area contributed by atoms with Crippen molar-refractivity contribution in [3.05, 3.63) is 88.9 Å². The van der Waals surface area contributed by atoms with Crippen LogP contribution in [0.1, 0.15) is 50.2 Å². The average molecular weight is 612 g/mol. The highest BCUT2D eigenvalue weighted by molar-refractivity contribution is 7.92. The van der Waals surface area contributed by atoms with E-state index in [4.69, 9.17) is 16.3 Å². The normalized spacial score (nSPS) is 14.3. The maximum atomic E-state index is 14.2. The zero-order valence-corrected chi connectivity index (χ0v) is 25.8. The van der Waals surface area contributed by atoms with Crippen LogP contribution in [-0.4, -0.2) is 50.9 Å². The van der Waals surface area contributed by atoms with Gasteiger partial charge in [0.2, 0.25) is 11.8 Å². The van der Waals surface area contributed by atoms with Crippen LogP contribution in [0.4, 0.5) is 5.69 Å². The van der Waals surface area contributed by atoms with E-state index in [1.165, 1.54) is 24.1 Å². The molecule has 1 atom stereocenters. The molecular formula is C32H38ClN3O5S. The van der Waals surface area contributed by atoms with Crippen LogP contribution in [0.2, 0.25) is 5.02 Å². The highest BCUT2D eigenvalue weighted by Gasteiger charge is 2.35. The van der Waals surface area contributed by atoms with Crippen LogP contribution in [0.25, 0.3) is 0 Å². The summed E-state index contributed by atoms with van der Waals surface area (Å²) in [6, 6.07) is 19.4. The summed E-state index contributed by atoms with van der Waals surface area (Å²) in [5, 5.41) is 3.57. The molecule has 3 aromatic carbocycles. The van der Waals surface area contributed by atoms with Gasteiger partial charge in [0.25, 0.3) is 10.0 Å². The number of rotatable bonds is 12. The van der Waals surface area contributed by atoms with E-state index in [0.717, 1.165) is 35.6 Å². The molecule has 8 nitrogen and oxygen atoms in total. The number of carbonyl (C=O) groups is 2. The predicted octanol–water partition coefficient (Wildman–Crippen LogP) is 5.72. The molecule has 0 aromatic heterocycles. The van der Waals surface area contributed by atoms with Crippen molar-refractivity contribution in [3.8, 4) is 5.75 Å². The Balaban J connectivity index is 1.74. The van der Waals surface area contributed by atoms with Crippen LogP contribution in [0.15, 0.2) is 77.7 Å². The molecule has 1 saturated carbocycles. The van der Waals surface area contributed by atoms with Crippen molar-refractivity contribution in [2.45, 2.75) is 69.5 Å². The zero-order valence-electron chi connectivity index (χ0n) is 24.3. The Bertz CT molecular complexity index is 1490. The lowest BCUT2D eigenvalue weighted by molar-refractivity contribution is -0.140. The molecule has 3 aromatic rings. The minimum atomic E-state index is -4.17. The molecule has 0 saturated heterocycles. The molecule has 1 unspecified atom stereocenters. The second-order valence-electron chi connectivity index (χ2n) is 10.6. The summed E-state index contributed by atoms with van der Waals surface area (Å²) < 4.78 is 34.5. The van der Waals surface area contributed by atoms with E-state index >= 15 is 0 Å². The third-order valence-electron chi connectivity index (χ3n) is 7.62. The number of anilines is 1. The molecule has 42 heavy (non-hydrogen) atoms. The third-order valence-corrected chi connectivity index (χ3v) is 9.77. The van der Waals surface area contributed by atoms with Gasteiger partial charge in [-0.2, -0.15) is 0 Å². The topological polar surface area (TPSA) is 96.0 Å². The first-order chi connectivity index (χ1) is 20.1. The van der Waals surface area contributed by atoms with Crippen molar-refractivity contribution in [3.63, 3.8) is 0 Å². The molecule has 0 spiro atoms. The van der Waals surface area contributed by atoms with Crippen LogP contribution in [0.5, 0.6) is 5.75 Å². The van der Waals surface area contributed by atoms with Crippen molar-refractivity contribution in [1.82, 2.24) is 10.2 Å². The number of nitrogens with zero attached hydrogens (tertiary/aromatic N) is 2. The van der Waals surface area contributed by atoms with Crippen molar-refractivity contribution in [2.24, 2.45) is 0 Å². The Morgan fingerprint density at radius 2 is 1.71 bits per heavy atom. The van der Waals surface area contributed by atoms with Gasteiger partial charge >= 0.3 is 0 Å². The van der Waals surface area contributed by atoms with Crippen molar-refractivity contribution in [1.29, 1.82) is 0 Å². The second kappa shape index (κ2) is 14.1. The van der Waals surface area contributed by atoms with Gasteiger partial charge in [-0.05, 0) is 62.1 Å². The predicted molar refractivity (Wildman–Crippen MR) is 165 cm³/mol. The monoisotopic (exact) mass is 611 g/mol. The summed E-state index contributed by atoms with van der Waals surface area (Å²) in [7, 11) is -2.68. The van der Waals surface area contributed by atoms with Crippen LogP contribution in [0, 0.1) is 6.92 Å². The zero-order chi connectivity index (χ0) is 30.3. The molecule has 10 heteroatoms. The Kier molecular flexibility index (Phi) is 10.5. The lowest BCUT2D eigenvalue weighted by Gasteiger charge is -2.34. The van der Waals surface area contributed by atoms with Gasteiger partial charge in [0.1, 0.15) is 18.3 Å². The van der Waals surface area contributed by atoms with E-state index in [1.54, 1.807) is 54.6 Å². The molecular weight excluding hydrogens is 574 g/mol. The molecule has 1 fully saturated rings. The minimum Gasteiger partial charge on any atom is -0.497 e. The number of sulfonamides is 1. The van der Waals surface area contributed by atoms with Gasteiger partial charge in [0.05, 0.1) is 17.7 Å². The summed E-state index contributed by atoms with van der Waals surface area (Å²) in [4.78, 5) is 29.3. The van der Waals surface area contributed by atoms with E-state index in [-0.39, 0.29) is 29.1 Å². The fourth-order valence-corrected chi connectivity index (χ4v) is 6.83. The van der Waals surface area contributed by atoms with Crippen LogP contribution >= 0.6 is 11.6 Å². The third kappa shape index (κ3) is 7.44. The van der Waals surface area contributed by atoms with E-state index in [2.05, 4.69) is 5.32 Å². The lowest BCUT2D eigenvalue weighted by Crippen LogP contribution is -2.53. The molecule has 1 aliphatic rings. The number of hydrogen-bond acceptors (Lipinski definition) is 5. The number of amides is 2. The molecule has 0 radical (unpaired) electrons. The van der Waals surface area contributed by atoms with Gasteiger partial charge in [-0.1, -0.05) is 73.3 Å². The Morgan fingerprint density at radius 1 is 1.02 bits per heavy atom. The number of nitrogens with one attached hydrogen (secondary N) is 1. The molecule has 224 valence electrons. The van der Waals surface area contributed by atoms with E-state index in [0.29, 0.717) is 22.8 Å². The van der Waals surface area contributed by atoms with Gasteiger partial charge in [0, 0.05) is 23.7 Å². The molecule has 1 aliphatic carbocycles. The number of halogens is 1. The molecule has 0 aliphatic heterocycles. The Hall–Kier alpha value is -3.56. The first-order valence-electron chi connectivity index (χ1n) is 14.2. The van der Waals surface area contributed by atoms with Gasteiger partial charge < -0.3 is 15.0 Å². The van der Waals surface area contributed by atoms with Crippen LogP contribution in [-0.2, 0) is 26.2 Å². The maximum Gasteiger partial charge on any atom is 0.264 e. The Labute approximate surface area is 253 Å². The van der Waals surface area contributed by atoms with Gasteiger partial charge in [-0.15, -0.1) is 0 Å². The van der Waals surface area contributed by atoms with Crippen molar-refractivity contribution >= 4 is 39.1 Å². The number of ether oxygens (including phenoxy) is 1. The van der Waals surface area contributed by atoms with Gasteiger partial charge in [-0.3, -0.25) is 13.9 Å². The average Bonchev–Trinajstić information content (AvgIpc) is 3.49. The highest BCUT2D eigenvalue weighted by Crippen LogP contribution is 2.28. The summed E-state index contributed by atoms with van der Waals surface area (Å²) >= 11 is 6.48. The summed E-state index contributed by atoms with van der Waals surface area (Å²) in [6.45, 7) is 3.23. The highest BCUT2D eigenvalue weighted by atomic mass is 35.5. The largest absolute Gasteiger partial charge is 0.497 e. The van der Waals surface area contributed by atoms with Crippen LogP contribution < -0.4 is 14.4 Å². The van der Waals surface area contributed by atoms with Crippen molar-refractivity contribution in [2.75, 3.05) is 18.0 Å². The Morgan fingerprint density at radius 3 is 2.36 bits per heavy atom. The fourth-order valence-electron chi connectivity index (χ4n) is 5.23. The number of aryl methyl sites for hydroxylation is 1. The number of carbonyl (C=O) groups excluding carboxylic acids is 2. The quantitative estimate of drug-likeness (QED) is 0.283. The van der Waals surface area contributed by atoms with Crippen molar-refractivity contribution < 1.29 is 22.7 Å².